The molecule has 6 heteroatoms. The average molecular weight is 367 g/mol. The first kappa shape index (κ1) is 17.9. The van der Waals surface area contributed by atoms with E-state index in [1.54, 1.807) is 12.1 Å². The van der Waals surface area contributed by atoms with E-state index in [1.807, 2.05) is 0 Å². The number of fused-ring (bicyclic) bond motifs is 1. The Morgan fingerprint density at radius 3 is 2.85 bits per heavy atom. The van der Waals surface area contributed by atoms with Crippen LogP contribution in [0.5, 0.6) is 0 Å². The number of unbranched alkanes of at least 4 members (excludes halogenated alkanes) is 1. The van der Waals surface area contributed by atoms with E-state index >= 15 is 0 Å². The molecule has 0 amide bonds. The summed E-state index contributed by atoms with van der Waals surface area (Å²) >= 11 is 0. The van der Waals surface area contributed by atoms with Gasteiger partial charge in [0.15, 0.2) is 0 Å². The first-order chi connectivity index (χ1) is 13.1. The topological polar surface area (TPSA) is 60.7 Å². The molecule has 0 aliphatic carbocycles. The van der Waals surface area contributed by atoms with Crippen LogP contribution in [0.15, 0.2) is 47.7 Å². The summed E-state index contributed by atoms with van der Waals surface area (Å²) < 4.78 is 13.2. The molecule has 0 bridgehead atoms. The van der Waals surface area contributed by atoms with Crippen molar-refractivity contribution in [1.29, 1.82) is 0 Å². The average Bonchev–Trinajstić information content (AvgIpc) is 3.28. The van der Waals surface area contributed by atoms with Crippen molar-refractivity contribution in [3.8, 4) is 11.3 Å². The van der Waals surface area contributed by atoms with Gasteiger partial charge in [0.25, 0.3) is 0 Å². The van der Waals surface area contributed by atoms with Crippen molar-refractivity contribution in [2.45, 2.75) is 25.3 Å². The molecule has 1 unspecified atom stereocenters. The fourth-order valence-electron chi connectivity index (χ4n) is 3.88. The zero-order valence-electron chi connectivity index (χ0n) is 15.5. The van der Waals surface area contributed by atoms with Gasteiger partial charge in [-0.1, -0.05) is 6.58 Å². The van der Waals surface area contributed by atoms with Crippen molar-refractivity contribution in [1.82, 2.24) is 14.8 Å². The van der Waals surface area contributed by atoms with Crippen molar-refractivity contribution < 1.29 is 4.39 Å². The van der Waals surface area contributed by atoms with E-state index < -0.39 is 0 Å². The molecule has 2 aliphatic heterocycles. The zero-order chi connectivity index (χ0) is 18.8. The highest BCUT2D eigenvalue weighted by atomic mass is 19.1. The summed E-state index contributed by atoms with van der Waals surface area (Å²) in [7, 11) is 0. The van der Waals surface area contributed by atoms with Gasteiger partial charge >= 0.3 is 0 Å². The van der Waals surface area contributed by atoms with Gasteiger partial charge in [-0.15, -0.1) is 0 Å². The molecule has 3 heterocycles. The van der Waals surface area contributed by atoms with E-state index in [0.29, 0.717) is 6.04 Å². The number of halogens is 1. The minimum Gasteiger partial charge on any atom is -0.339 e. The van der Waals surface area contributed by atoms with E-state index in [4.69, 9.17) is 5.73 Å². The summed E-state index contributed by atoms with van der Waals surface area (Å²) in [5.41, 5.74) is 8.29. The van der Waals surface area contributed by atoms with E-state index in [-0.39, 0.29) is 5.82 Å². The number of nitrogens with zero attached hydrogens (tertiary/aromatic N) is 3. The summed E-state index contributed by atoms with van der Waals surface area (Å²) in [6.07, 6.45) is 5.49. The highest BCUT2D eigenvalue weighted by Gasteiger charge is 2.28. The Labute approximate surface area is 158 Å². The number of aromatic nitrogens is 1. The fourth-order valence-corrected chi connectivity index (χ4v) is 3.88. The molecule has 2 aromatic rings. The Morgan fingerprint density at radius 2 is 2.07 bits per heavy atom. The van der Waals surface area contributed by atoms with Crippen LogP contribution in [-0.2, 0) is 0 Å². The molecule has 3 N–H and O–H groups in total. The number of nitrogens with two attached hydrogens (primary N) is 1. The molecule has 0 saturated carbocycles. The maximum atomic E-state index is 13.2. The number of hydrogen-bond acceptors (Lipinski definition) is 4. The number of H-pyrrole nitrogens is 1. The Bertz CT molecular complexity index is 930. The van der Waals surface area contributed by atoms with Gasteiger partial charge in [0, 0.05) is 36.2 Å². The van der Waals surface area contributed by atoms with E-state index in [1.165, 1.54) is 12.1 Å². The van der Waals surface area contributed by atoms with E-state index in [2.05, 4.69) is 38.6 Å². The number of likely N-dealkylation sites (tertiary alicyclic amines) is 1. The van der Waals surface area contributed by atoms with Crippen LogP contribution in [0.25, 0.3) is 17.5 Å². The van der Waals surface area contributed by atoms with Crippen LogP contribution >= 0.6 is 0 Å². The lowest BCUT2D eigenvalue weighted by molar-refractivity contribution is 0.295. The van der Waals surface area contributed by atoms with Crippen molar-refractivity contribution in [3.05, 3.63) is 59.3 Å². The number of nitrogens with one attached hydrogen (secondary N) is 1. The van der Waals surface area contributed by atoms with E-state index in [0.717, 1.165) is 73.2 Å². The predicted octanol–water partition coefficient (Wildman–Crippen LogP) is 1.78. The number of aromatic amines is 1. The lowest BCUT2D eigenvalue weighted by Crippen LogP contribution is -2.40. The van der Waals surface area contributed by atoms with Crippen LogP contribution in [0.4, 0.5) is 4.39 Å². The van der Waals surface area contributed by atoms with Crippen LogP contribution in [0.1, 0.15) is 19.3 Å². The van der Waals surface area contributed by atoms with Crippen LogP contribution < -0.4 is 16.4 Å². The third-order valence-electron chi connectivity index (χ3n) is 5.37. The molecular weight excluding hydrogens is 341 g/mol. The molecule has 142 valence electrons. The monoisotopic (exact) mass is 367 g/mol. The first-order valence-corrected chi connectivity index (χ1v) is 9.59. The summed E-state index contributed by atoms with van der Waals surface area (Å²) in [6, 6.07) is 8.96. The molecule has 1 saturated heterocycles. The molecule has 0 radical (unpaired) electrons. The molecule has 27 heavy (non-hydrogen) atoms. The van der Waals surface area contributed by atoms with Gasteiger partial charge in [-0.25, -0.2) is 9.38 Å². The summed E-state index contributed by atoms with van der Waals surface area (Å²) in [6.45, 7) is 8.16. The summed E-state index contributed by atoms with van der Waals surface area (Å²) in [4.78, 5) is 12.7. The molecule has 1 aromatic carbocycles. The second-order valence-corrected chi connectivity index (χ2v) is 7.30. The van der Waals surface area contributed by atoms with Crippen molar-refractivity contribution in [2.75, 3.05) is 26.2 Å². The minimum absolute atomic E-state index is 0.233. The number of benzene rings is 1. The summed E-state index contributed by atoms with van der Waals surface area (Å²) in [5.74, 6) is 0.534. The molecule has 1 fully saturated rings. The van der Waals surface area contributed by atoms with Crippen LogP contribution in [0.3, 0.4) is 0 Å². The van der Waals surface area contributed by atoms with Gasteiger partial charge < -0.3 is 20.5 Å². The van der Waals surface area contributed by atoms with Gasteiger partial charge in [-0.3, -0.25) is 0 Å². The largest absolute Gasteiger partial charge is 0.339 e. The van der Waals surface area contributed by atoms with Crippen LogP contribution in [0, 0.1) is 5.82 Å². The molecule has 4 rings (SSSR count). The Hall–Kier alpha value is -2.44. The van der Waals surface area contributed by atoms with Gasteiger partial charge in [-0.05, 0) is 68.2 Å². The highest BCUT2D eigenvalue weighted by molar-refractivity contribution is 5.59. The first-order valence-electron chi connectivity index (χ1n) is 9.59. The van der Waals surface area contributed by atoms with Gasteiger partial charge in [0.2, 0.25) is 0 Å². The van der Waals surface area contributed by atoms with Crippen molar-refractivity contribution in [3.63, 3.8) is 0 Å². The highest BCUT2D eigenvalue weighted by Crippen LogP contribution is 2.22. The lowest BCUT2D eigenvalue weighted by atomic mass is 10.1. The SMILES string of the molecule is C=C1N=c2[nH]c(-c3ccc(F)cc3)cc2=CN1C1CCN(CCCCN)C1. The quantitative estimate of drug-likeness (QED) is 0.765. The molecular formula is C21H26FN5. The van der Waals surface area contributed by atoms with Crippen molar-refractivity contribution >= 4 is 6.20 Å². The molecule has 1 atom stereocenters. The molecule has 1 aromatic heterocycles. The van der Waals surface area contributed by atoms with Gasteiger partial charge in [-0.2, -0.15) is 0 Å². The number of rotatable bonds is 6. The third-order valence-corrected chi connectivity index (χ3v) is 5.37. The zero-order valence-corrected chi connectivity index (χ0v) is 15.5. The lowest BCUT2D eigenvalue weighted by Gasteiger charge is -2.28. The molecule has 5 nitrogen and oxygen atoms in total. The maximum absolute atomic E-state index is 13.2. The Morgan fingerprint density at radius 1 is 1.26 bits per heavy atom. The number of hydrogen-bond donors (Lipinski definition) is 2. The second kappa shape index (κ2) is 7.66. The fraction of sp³-hybridized carbons (Fsp3) is 0.381. The van der Waals surface area contributed by atoms with Crippen LogP contribution in [0.2, 0.25) is 0 Å². The standard InChI is InChI=1S/C21H26FN5/c1-15-24-21-17(12-20(25-21)16-4-6-18(22)7-5-16)13-27(15)19-8-11-26(14-19)10-3-2-9-23/h4-7,12-13,19H,1-3,8-11,14,23H2,(H,24,25). The molecule has 2 aliphatic rings. The van der Waals surface area contributed by atoms with Gasteiger partial charge in [0.05, 0.1) is 0 Å². The third kappa shape index (κ3) is 3.82. The van der Waals surface area contributed by atoms with E-state index in [9.17, 15) is 4.39 Å². The van der Waals surface area contributed by atoms with Crippen molar-refractivity contribution in [2.24, 2.45) is 10.7 Å². The van der Waals surface area contributed by atoms with Gasteiger partial charge in [0.1, 0.15) is 17.1 Å². The summed E-state index contributed by atoms with van der Waals surface area (Å²) in [5, 5.41) is 1.04. The van der Waals surface area contributed by atoms with Crippen LogP contribution in [-0.4, -0.2) is 47.0 Å². The predicted molar refractivity (Wildman–Crippen MR) is 106 cm³/mol. The Balaban J connectivity index is 1.52. The minimum atomic E-state index is -0.233. The second-order valence-electron chi connectivity index (χ2n) is 7.30. The Kier molecular flexibility index (Phi) is 5.09. The smallest absolute Gasteiger partial charge is 0.141 e. The maximum Gasteiger partial charge on any atom is 0.141 e. The molecule has 0 spiro atoms. The normalized spacial score (nSPS) is 19.7.